The Morgan fingerprint density at radius 2 is 1.83 bits per heavy atom. The summed E-state index contributed by atoms with van der Waals surface area (Å²) in [5.74, 6) is 7.94. The fourth-order valence-corrected chi connectivity index (χ4v) is 3.85. The van der Waals surface area contributed by atoms with Gasteiger partial charge in [-0.1, -0.05) is 22.0 Å². The van der Waals surface area contributed by atoms with Crippen molar-refractivity contribution in [2.75, 3.05) is 12.1 Å². The Morgan fingerprint density at radius 3 is 2.48 bits per heavy atom. The fourth-order valence-electron chi connectivity index (χ4n) is 3.47. The highest BCUT2D eigenvalue weighted by Crippen LogP contribution is 2.36. The minimum absolute atomic E-state index is 0.212. The molecule has 7 heteroatoms. The van der Waals surface area contributed by atoms with Gasteiger partial charge in [-0.25, -0.2) is 15.8 Å². The largest absolute Gasteiger partial charge is 0.497 e. The number of methoxy groups -OCH3 is 1. The zero-order chi connectivity index (χ0) is 20.5. The number of ether oxygens (including phenoxy) is 1. The molecule has 2 aromatic carbocycles. The molecule has 0 radical (unpaired) electrons. The summed E-state index contributed by atoms with van der Waals surface area (Å²) in [5, 5.41) is 2.49. The lowest BCUT2D eigenvalue weighted by atomic mass is 10.1. The van der Waals surface area contributed by atoms with Crippen molar-refractivity contribution in [1.29, 1.82) is 0 Å². The summed E-state index contributed by atoms with van der Waals surface area (Å²) in [7, 11) is 1.67. The molecule has 4 rings (SSSR count). The molecule has 0 saturated carbocycles. The summed E-state index contributed by atoms with van der Waals surface area (Å²) < 4.78 is 8.45. The summed E-state index contributed by atoms with van der Waals surface area (Å²) in [6.45, 7) is 4.28. The molecule has 0 bridgehead atoms. The van der Waals surface area contributed by atoms with E-state index in [0.717, 1.165) is 38.2 Å². The molecule has 0 aliphatic rings. The molecule has 6 nitrogen and oxygen atoms in total. The van der Waals surface area contributed by atoms with Gasteiger partial charge in [0.05, 0.1) is 23.9 Å². The van der Waals surface area contributed by atoms with E-state index in [4.69, 9.17) is 10.6 Å². The number of rotatable bonds is 5. The number of halogens is 1. The van der Waals surface area contributed by atoms with Gasteiger partial charge >= 0.3 is 0 Å². The van der Waals surface area contributed by atoms with Gasteiger partial charge in [0.2, 0.25) is 0 Å². The number of benzene rings is 2. The molecule has 148 valence electrons. The van der Waals surface area contributed by atoms with Crippen LogP contribution in [0.3, 0.4) is 0 Å². The van der Waals surface area contributed by atoms with E-state index >= 15 is 0 Å². The number of anilines is 2. The molecular formula is C22H22BrN5O. The number of aromatic nitrogens is 3. The lowest BCUT2D eigenvalue weighted by Gasteiger charge is -2.19. The van der Waals surface area contributed by atoms with Gasteiger partial charge in [-0.05, 0) is 67.9 Å². The lowest BCUT2D eigenvalue weighted by molar-refractivity contribution is 0.415. The molecule has 4 aromatic rings. The highest BCUT2D eigenvalue weighted by molar-refractivity contribution is 9.10. The third-order valence-corrected chi connectivity index (χ3v) is 5.32. The molecule has 0 amide bonds. The molecule has 2 N–H and O–H groups in total. The van der Waals surface area contributed by atoms with Crippen LogP contribution >= 0.6 is 15.9 Å². The molecule has 0 unspecified atom stereocenters. The Hall–Kier alpha value is -2.90. The van der Waals surface area contributed by atoms with E-state index in [9.17, 15) is 0 Å². The molecule has 0 atom stereocenters. The summed E-state index contributed by atoms with van der Waals surface area (Å²) in [6.07, 6.45) is 1.56. The van der Waals surface area contributed by atoms with E-state index in [1.807, 2.05) is 48.5 Å². The lowest BCUT2D eigenvalue weighted by Crippen LogP contribution is -2.26. The van der Waals surface area contributed by atoms with Gasteiger partial charge in [0.15, 0.2) is 5.82 Å². The fraction of sp³-hybridized carbons (Fsp3) is 0.182. The predicted octanol–water partition coefficient (Wildman–Crippen LogP) is 5.46. The van der Waals surface area contributed by atoms with E-state index in [0.29, 0.717) is 5.82 Å². The number of nitrogens with zero attached hydrogens (tertiary/aromatic N) is 4. The van der Waals surface area contributed by atoms with Crippen LogP contribution in [-0.2, 0) is 0 Å². The second-order valence-corrected chi connectivity index (χ2v) is 7.92. The van der Waals surface area contributed by atoms with Crippen molar-refractivity contribution in [2.45, 2.75) is 19.9 Å². The van der Waals surface area contributed by atoms with Crippen LogP contribution in [0.2, 0.25) is 0 Å². The van der Waals surface area contributed by atoms with E-state index in [1.165, 1.54) is 0 Å². The van der Waals surface area contributed by atoms with Crippen LogP contribution in [0.4, 0.5) is 11.5 Å². The van der Waals surface area contributed by atoms with Gasteiger partial charge in [0.1, 0.15) is 17.7 Å². The third-order valence-electron chi connectivity index (χ3n) is 4.83. The SMILES string of the molecule is COc1ccc(-c2cc3c(N(N)c4cccc(Br)c4)ncnc3n2C(C)C)cc1. The van der Waals surface area contributed by atoms with Gasteiger partial charge in [0.25, 0.3) is 0 Å². The van der Waals surface area contributed by atoms with Crippen LogP contribution in [0.5, 0.6) is 5.75 Å². The van der Waals surface area contributed by atoms with Crippen LogP contribution in [-0.4, -0.2) is 21.6 Å². The van der Waals surface area contributed by atoms with E-state index < -0.39 is 0 Å². The van der Waals surface area contributed by atoms with Crippen molar-refractivity contribution in [1.82, 2.24) is 14.5 Å². The maximum atomic E-state index is 6.46. The number of hydrogen-bond acceptors (Lipinski definition) is 5. The number of nitrogens with two attached hydrogens (primary N) is 1. The van der Waals surface area contributed by atoms with Crippen molar-refractivity contribution in [3.63, 3.8) is 0 Å². The Morgan fingerprint density at radius 1 is 1.07 bits per heavy atom. The highest BCUT2D eigenvalue weighted by atomic mass is 79.9. The van der Waals surface area contributed by atoms with Crippen LogP contribution in [0.25, 0.3) is 22.3 Å². The van der Waals surface area contributed by atoms with Gasteiger partial charge in [-0.3, -0.25) is 5.01 Å². The van der Waals surface area contributed by atoms with Gasteiger partial charge in [-0.2, -0.15) is 0 Å². The molecular weight excluding hydrogens is 430 g/mol. The first-order valence-electron chi connectivity index (χ1n) is 9.30. The number of hydrogen-bond donors (Lipinski definition) is 1. The molecule has 0 spiro atoms. The minimum atomic E-state index is 0.212. The first-order valence-corrected chi connectivity index (χ1v) is 10.1. The monoisotopic (exact) mass is 451 g/mol. The first-order chi connectivity index (χ1) is 14.0. The zero-order valence-electron chi connectivity index (χ0n) is 16.5. The summed E-state index contributed by atoms with van der Waals surface area (Å²) >= 11 is 3.50. The third kappa shape index (κ3) is 3.59. The normalized spacial score (nSPS) is 11.2. The van der Waals surface area contributed by atoms with Crippen LogP contribution in [0.1, 0.15) is 19.9 Å². The summed E-state index contributed by atoms with van der Waals surface area (Å²) in [6, 6.07) is 18.1. The number of fused-ring (bicyclic) bond motifs is 1. The molecule has 0 aliphatic heterocycles. The van der Waals surface area contributed by atoms with Crippen molar-refractivity contribution >= 4 is 38.5 Å². The first kappa shape index (κ1) is 19.4. The molecule has 2 aromatic heterocycles. The Bertz CT molecular complexity index is 1150. The second-order valence-electron chi connectivity index (χ2n) is 7.01. The summed E-state index contributed by atoms with van der Waals surface area (Å²) in [4.78, 5) is 9.06. The Kier molecular flexibility index (Phi) is 5.25. The average molecular weight is 452 g/mol. The molecule has 2 heterocycles. The molecule has 29 heavy (non-hydrogen) atoms. The maximum absolute atomic E-state index is 6.46. The van der Waals surface area contributed by atoms with Gasteiger partial charge in [-0.15, -0.1) is 0 Å². The van der Waals surface area contributed by atoms with Gasteiger partial charge < -0.3 is 9.30 Å². The zero-order valence-corrected chi connectivity index (χ0v) is 18.1. The van der Waals surface area contributed by atoms with Gasteiger partial charge in [0, 0.05) is 10.5 Å². The summed E-state index contributed by atoms with van der Waals surface area (Å²) in [5.41, 5.74) is 3.82. The standard InChI is InChI=1S/C22H22BrN5O/c1-14(2)27-20(15-7-9-18(29-3)10-8-15)12-19-21(27)25-13-26-22(19)28(24)17-6-4-5-16(23)11-17/h4-14H,24H2,1-3H3. The second kappa shape index (κ2) is 7.85. The highest BCUT2D eigenvalue weighted by Gasteiger charge is 2.20. The smallest absolute Gasteiger partial charge is 0.160 e. The van der Waals surface area contributed by atoms with Crippen molar-refractivity contribution in [2.24, 2.45) is 5.84 Å². The molecule has 0 aliphatic carbocycles. The van der Waals surface area contributed by atoms with E-state index in [2.05, 4.69) is 50.4 Å². The van der Waals surface area contributed by atoms with E-state index in [-0.39, 0.29) is 6.04 Å². The predicted molar refractivity (Wildman–Crippen MR) is 120 cm³/mol. The van der Waals surface area contributed by atoms with Crippen LogP contribution in [0, 0.1) is 0 Å². The Labute approximate surface area is 178 Å². The molecule has 0 fully saturated rings. The van der Waals surface area contributed by atoms with Crippen molar-refractivity contribution in [3.05, 3.63) is 65.4 Å². The topological polar surface area (TPSA) is 69.2 Å². The van der Waals surface area contributed by atoms with Crippen LogP contribution in [0.15, 0.2) is 65.4 Å². The molecule has 0 saturated heterocycles. The number of hydrazine groups is 1. The van der Waals surface area contributed by atoms with Crippen LogP contribution < -0.4 is 15.6 Å². The van der Waals surface area contributed by atoms with Crippen molar-refractivity contribution in [3.8, 4) is 17.0 Å². The quantitative estimate of drug-likeness (QED) is 0.322. The van der Waals surface area contributed by atoms with Crippen molar-refractivity contribution < 1.29 is 4.74 Å². The van der Waals surface area contributed by atoms with E-state index in [1.54, 1.807) is 18.4 Å². The average Bonchev–Trinajstić information content (AvgIpc) is 3.13. The minimum Gasteiger partial charge on any atom is -0.497 e. The Balaban J connectivity index is 1.90. The maximum Gasteiger partial charge on any atom is 0.160 e.